The van der Waals surface area contributed by atoms with Crippen LogP contribution in [0.3, 0.4) is 0 Å². The molecule has 0 radical (unpaired) electrons. The third kappa shape index (κ3) is 4.56. The summed E-state index contributed by atoms with van der Waals surface area (Å²) in [5.41, 5.74) is 6.16. The summed E-state index contributed by atoms with van der Waals surface area (Å²) in [5.74, 6) is -0.0360. The average Bonchev–Trinajstić information content (AvgIpc) is 2.28. The smallest absolute Gasteiger partial charge is 0.309 e. The quantitative estimate of drug-likeness (QED) is 0.829. The first-order valence-electron chi connectivity index (χ1n) is 6.48. The number of hydrogen-bond acceptors (Lipinski definition) is 3. The number of rotatable bonds is 6. The second-order valence-electron chi connectivity index (χ2n) is 5.74. The number of carboxylic acid groups (broad SMARTS) is 1. The Kier molecular flexibility index (Phi) is 4.95. The van der Waals surface area contributed by atoms with Gasteiger partial charge >= 0.3 is 5.97 Å². The van der Waals surface area contributed by atoms with Crippen molar-refractivity contribution in [2.24, 2.45) is 11.1 Å². The standard InChI is InChI=1S/C15H23NO3/c1-10(2)19-12-7-5-11(6-8-12)13(16)9-15(3,4)14(17)18/h5-8,10,13H,9,16H2,1-4H3,(H,17,18). The van der Waals surface area contributed by atoms with Crippen molar-refractivity contribution >= 4 is 5.97 Å². The lowest BCUT2D eigenvalue weighted by Gasteiger charge is -2.23. The highest BCUT2D eigenvalue weighted by molar-refractivity contribution is 5.73. The van der Waals surface area contributed by atoms with Gasteiger partial charge in [-0.3, -0.25) is 4.79 Å². The minimum Gasteiger partial charge on any atom is -0.491 e. The Labute approximate surface area is 114 Å². The van der Waals surface area contributed by atoms with Crippen molar-refractivity contribution in [2.75, 3.05) is 0 Å². The molecule has 0 aromatic heterocycles. The Morgan fingerprint density at radius 2 is 1.84 bits per heavy atom. The minimum atomic E-state index is -0.831. The summed E-state index contributed by atoms with van der Waals surface area (Å²) in [6, 6.07) is 7.21. The maximum Gasteiger partial charge on any atom is 0.309 e. The first-order chi connectivity index (χ1) is 8.72. The number of aliphatic carboxylic acids is 1. The van der Waals surface area contributed by atoms with Crippen LogP contribution in [-0.4, -0.2) is 17.2 Å². The molecule has 19 heavy (non-hydrogen) atoms. The van der Waals surface area contributed by atoms with Gasteiger partial charge in [-0.1, -0.05) is 12.1 Å². The third-order valence-corrected chi connectivity index (χ3v) is 2.99. The molecule has 0 bridgehead atoms. The maximum atomic E-state index is 11.1. The molecule has 1 aromatic rings. The molecule has 0 amide bonds. The lowest BCUT2D eigenvalue weighted by molar-refractivity contribution is -0.147. The van der Waals surface area contributed by atoms with E-state index in [-0.39, 0.29) is 12.1 Å². The number of carboxylic acids is 1. The fourth-order valence-corrected chi connectivity index (χ4v) is 1.82. The minimum absolute atomic E-state index is 0.130. The zero-order valence-electron chi connectivity index (χ0n) is 12.0. The highest BCUT2D eigenvalue weighted by Crippen LogP contribution is 2.29. The van der Waals surface area contributed by atoms with Crippen molar-refractivity contribution in [3.63, 3.8) is 0 Å². The van der Waals surface area contributed by atoms with E-state index in [0.29, 0.717) is 6.42 Å². The molecule has 1 unspecified atom stereocenters. The lowest BCUT2D eigenvalue weighted by Crippen LogP contribution is -2.28. The summed E-state index contributed by atoms with van der Waals surface area (Å²) in [5, 5.41) is 9.10. The summed E-state index contributed by atoms with van der Waals surface area (Å²) in [4.78, 5) is 11.1. The van der Waals surface area contributed by atoms with E-state index in [9.17, 15) is 4.79 Å². The normalized spacial score (nSPS) is 13.4. The van der Waals surface area contributed by atoms with Gasteiger partial charge < -0.3 is 15.6 Å². The van der Waals surface area contributed by atoms with Gasteiger partial charge in [-0.25, -0.2) is 0 Å². The SMILES string of the molecule is CC(C)Oc1ccc(C(N)CC(C)(C)C(=O)O)cc1. The van der Waals surface area contributed by atoms with Crippen molar-refractivity contribution in [2.45, 2.75) is 46.3 Å². The van der Waals surface area contributed by atoms with Crippen LogP contribution in [0.1, 0.15) is 45.7 Å². The van der Waals surface area contributed by atoms with Crippen LogP contribution in [0, 0.1) is 5.41 Å². The molecule has 0 saturated carbocycles. The van der Waals surface area contributed by atoms with Crippen LogP contribution in [0.2, 0.25) is 0 Å². The first-order valence-corrected chi connectivity index (χ1v) is 6.48. The van der Waals surface area contributed by atoms with E-state index in [2.05, 4.69) is 0 Å². The molecule has 4 heteroatoms. The van der Waals surface area contributed by atoms with Crippen molar-refractivity contribution in [3.05, 3.63) is 29.8 Å². The zero-order valence-corrected chi connectivity index (χ0v) is 12.0. The van der Waals surface area contributed by atoms with Crippen molar-refractivity contribution in [1.82, 2.24) is 0 Å². The summed E-state index contributed by atoms with van der Waals surface area (Å²) in [6.45, 7) is 7.31. The molecule has 0 saturated heterocycles. The molecule has 1 aromatic carbocycles. The number of nitrogens with two attached hydrogens (primary N) is 1. The lowest BCUT2D eigenvalue weighted by atomic mass is 9.84. The summed E-state index contributed by atoms with van der Waals surface area (Å²) < 4.78 is 5.55. The van der Waals surface area contributed by atoms with Crippen molar-refractivity contribution in [1.29, 1.82) is 0 Å². The molecule has 0 aliphatic carbocycles. The molecule has 0 fully saturated rings. The van der Waals surface area contributed by atoms with Crippen LogP contribution >= 0.6 is 0 Å². The Balaban J connectivity index is 2.73. The van der Waals surface area contributed by atoms with Crippen LogP contribution in [0.15, 0.2) is 24.3 Å². The Hall–Kier alpha value is -1.55. The molecule has 1 atom stereocenters. The van der Waals surface area contributed by atoms with Crippen molar-refractivity contribution < 1.29 is 14.6 Å². The molecule has 0 aliphatic rings. The van der Waals surface area contributed by atoms with Gasteiger partial charge in [0.25, 0.3) is 0 Å². The predicted octanol–water partition coefficient (Wildman–Crippen LogP) is 2.97. The highest BCUT2D eigenvalue weighted by Gasteiger charge is 2.29. The zero-order chi connectivity index (χ0) is 14.6. The van der Waals surface area contributed by atoms with Gasteiger partial charge in [0.1, 0.15) is 5.75 Å². The highest BCUT2D eigenvalue weighted by atomic mass is 16.5. The van der Waals surface area contributed by atoms with E-state index in [0.717, 1.165) is 11.3 Å². The van der Waals surface area contributed by atoms with Crippen LogP contribution in [0.5, 0.6) is 5.75 Å². The molecule has 4 nitrogen and oxygen atoms in total. The van der Waals surface area contributed by atoms with Gasteiger partial charge in [0.2, 0.25) is 0 Å². The van der Waals surface area contributed by atoms with E-state index < -0.39 is 11.4 Å². The summed E-state index contributed by atoms with van der Waals surface area (Å²) in [6.07, 6.45) is 0.526. The largest absolute Gasteiger partial charge is 0.491 e. The Morgan fingerprint density at radius 3 is 2.26 bits per heavy atom. The number of ether oxygens (including phenoxy) is 1. The molecule has 1 rings (SSSR count). The van der Waals surface area contributed by atoms with Gasteiger partial charge in [0, 0.05) is 6.04 Å². The van der Waals surface area contributed by atoms with Crippen molar-refractivity contribution in [3.8, 4) is 5.75 Å². The summed E-state index contributed by atoms with van der Waals surface area (Å²) in [7, 11) is 0. The fourth-order valence-electron chi connectivity index (χ4n) is 1.82. The van der Waals surface area contributed by atoms with Crippen LogP contribution in [0.25, 0.3) is 0 Å². The number of hydrogen-bond donors (Lipinski definition) is 2. The predicted molar refractivity (Wildman–Crippen MR) is 75.2 cm³/mol. The third-order valence-electron chi connectivity index (χ3n) is 2.99. The molecular formula is C15H23NO3. The molecule has 0 heterocycles. The maximum absolute atomic E-state index is 11.1. The van der Waals surface area contributed by atoms with Gasteiger partial charge in [-0.2, -0.15) is 0 Å². The first kappa shape index (κ1) is 15.5. The molecule has 0 spiro atoms. The van der Waals surface area contributed by atoms with Crippen LogP contribution in [-0.2, 0) is 4.79 Å². The van der Waals surface area contributed by atoms with E-state index in [1.54, 1.807) is 13.8 Å². The van der Waals surface area contributed by atoms with Gasteiger partial charge in [0.15, 0.2) is 0 Å². The van der Waals surface area contributed by atoms with Crippen LogP contribution < -0.4 is 10.5 Å². The monoisotopic (exact) mass is 265 g/mol. The second kappa shape index (κ2) is 6.06. The molecule has 3 N–H and O–H groups in total. The Morgan fingerprint density at radius 1 is 1.32 bits per heavy atom. The number of benzene rings is 1. The number of carbonyl (C=O) groups is 1. The second-order valence-corrected chi connectivity index (χ2v) is 5.74. The van der Waals surface area contributed by atoms with E-state index in [4.69, 9.17) is 15.6 Å². The van der Waals surface area contributed by atoms with Crippen LogP contribution in [0.4, 0.5) is 0 Å². The Bertz CT molecular complexity index is 424. The topological polar surface area (TPSA) is 72.5 Å². The summed E-state index contributed by atoms with van der Waals surface area (Å²) >= 11 is 0. The van der Waals surface area contributed by atoms with E-state index >= 15 is 0 Å². The molecule has 0 aliphatic heterocycles. The van der Waals surface area contributed by atoms with Gasteiger partial charge in [0.05, 0.1) is 11.5 Å². The van der Waals surface area contributed by atoms with E-state index in [1.165, 1.54) is 0 Å². The van der Waals surface area contributed by atoms with Gasteiger partial charge in [-0.05, 0) is 51.8 Å². The van der Waals surface area contributed by atoms with Gasteiger partial charge in [-0.15, -0.1) is 0 Å². The van der Waals surface area contributed by atoms with E-state index in [1.807, 2.05) is 38.1 Å². The molecular weight excluding hydrogens is 242 g/mol. The molecule has 106 valence electrons. The fraction of sp³-hybridized carbons (Fsp3) is 0.533. The average molecular weight is 265 g/mol.